The number of thioether (sulfide) groups is 1. The predicted octanol–water partition coefficient (Wildman–Crippen LogP) is 5.76. The van der Waals surface area contributed by atoms with Crippen LogP contribution in [0.15, 0.2) is 46.4 Å². The second-order valence-corrected chi connectivity index (χ2v) is 8.84. The number of halogens is 3. The summed E-state index contributed by atoms with van der Waals surface area (Å²) < 4.78 is 61.8. The summed E-state index contributed by atoms with van der Waals surface area (Å²) in [4.78, 5) is 28.9. The maximum atomic E-state index is 13.5. The zero-order valence-electron chi connectivity index (χ0n) is 21.0. The van der Waals surface area contributed by atoms with E-state index in [0.717, 1.165) is 22.7 Å². The van der Waals surface area contributed by atoms with Crippen molar-refractivity contribution >= 4 is 29.0 Å². The highest BCUT2D eigenvalue weighted by atomic mass is 32.2. The molecule has 2 aromatic carbocycles. The van der Waals surface area contributed by atoms with Gasteiger partial charge >= 0.3 is 6.18 Å². The second kappa shape index (κ2) is 14.2. The summed E-state index contributed by atoms with van der Waals surface area (Å²) in [5.74, 6) is -0.973. The van der Waals surface area contributed by atoms with Gasteiger partial charge in [0.25, 0.3) is 11.1 Å². The van der Waals surface area contributed by atoms with Crippen molar-refractivity contribution in [3.63, 3.8) is 0 Å². The lowest BCUT2D eigenvalue weighted by atomic mass is 10.1. The molecule has 0 atom stereocenters. The van der Waals surface area contributed by atoms with E-state index >= 15 is 0 Å². The van der Waals surface area contributed by atoms with Gasteiger partial charge in [0.2, 0.25) is 0 Å². The number of carbonyl (C=O) groups is 2. The molecule has 0 aliphatic carbocycles. The summed E-state index contributed by atoms with van der Waals surface area (Å²) in [6.07, 6.45) is -3.30. The third-order valence-electron chi connectivity index (χ3n) is 5.22. The van der Waals surface area contributed by atoms with Crippen molar-refractivity contribution in [3.05, 3.63) is 68.4 Å². The van der Waals surface area contributed by atoms with Gasteiger partial charge in [0.05, 0.1) is 62.2 Å². The Morgan fingerprint density at radius 2 is 1.80 bits per heavy atom. The van der Waals surface area contributed by atoms with Crippen LogP contribution < -0.4 is 9.47 Å². The zero-order valence-corrected chi connectivity index (χ0v) is 21.8. The molecule has 1 fully saturated rings. The number of methoxy groups -OCH3 is 1. The van der Waals surface area contributed by atoms with Crippen LogP contribution in [0.3, 0.4) is 0 Å². The minimum Gasteiger partial charge on any atom is -0.493 e. The molecule has 1 aliphatic heterocycles. The van der Waals surface area contributed by atoms with Crippen LogP contribution in [0, 0.1) is 11.3 Å². The molecule has 15 heteroatoms. The number of nitriles is 1. The molecule has 2 amide bonds. The first kappa shape index (κ1) is 30.3. The summed E-state index contributed by atoms with van der Waals surface area (Å²) in [6.45, 7) is 1.07. The lowest BCUT2D eigenvalue weighted by Gasteiger charge is -2.16. The monoisotopic (exact) mass is 577 g/mol. The van der Waals surface area contributed by atoms with Crippen LogP contribution in [-0.2, 0) is 20.4 Å². The highest BCUT2D eigenvalue weighted by Crippen LogP contribution is 2.41. The molecule has 0 unspecified atom stereocenters. The van der Waals surface area contributed by atoms with Crippen LogP contribution in [0.5, 0.6) is 17.2 Å². The number of imide groups is 1. The lowest BCUT2D eigenvalue weighted by molar-refractivity contribution is -0.138. The number of azide groups is 1. The van der Waals surface area contributed by atoms with E-state index < -0.39 is 28.6 Å². The molecular weight excluding hydrogens is 555 g/mol. The number of hydrogen-bond donors (Lipinski definition) is 0. The Labute approximate surface area is 230 Å². The zero-order chi connectivity index (χ0) is 29.1. The number of rotatable bonds is 13. The summed E-state index contributed by atoms with van der Waals surface area (Å²) in [7, 11) is 1.30. The minimum atomic E-state index is -4.76. The third-order valence-corrected chi connectivity index (χ3v) is 6.13. The molecule has 0 aromatic heterocycles. The van der Waals surface area contributed by atoms with E-state index in [1.807, 2.05) is 0 Å². The topological polar surface area (TPSA) is 147 Å². The summed E-state index contributed by atoms with van der Waals surface area (Å²) >= 11 is 0.740. The molecule has 0 saturated carbocycles. The first-order valence-corrected chi connectivity index (χ1v) is 12.4. The van der Waals surface area contributed by atoms with Gasteiger partial charge in [-0.2, -0.15) is 18.4 Å². The van der Waals surface area contributed by atoms with Gasteiger partial charge in [-0.3, -0.25) is 14.5 Å². The molecule has 1 heterocycles. The fraction of sp³-hybridized carbons (Fsp3) is 0.320. The van der Waals surface area contributed by atoms with Crippen molar-refractivity contribution in [1.82, 2.24) is 4.90 Å². The van der Waals surface area contributed by atoms with E-state index in [-0.39, 0.29) is 61.5 Å². The van der Waals surface area contributed by atoms with Crippen LogP contribution in [0.4, 0.5) is 18.0 Å². The van der Waals surface area contributed by atoms with Gasteiger partial charge in [-0.15, -0.1) is 0 Å². The number of nitrogens with zero attached hydrogens (tertiary/aromatic N) is 5. The average Bonchev–Trinajstić information content (AvgIpc) is 3.19. The molecule has 1 saturated heterocycles. The van der Waals surface area contributed by atoms with Gasteiger partial charge in [-0.1, -0.05) is 11.2 Å². The van der Waals surface area contributed by atoms with Crippen molar-refractivity contribution in [2.45, 2.75) is 6.18 Å². The maximum absolute atomic E-state index is 13.5. The summed E-state index contributed by atoms with van der Waals surface area (Å²) in [5.41, 5.74) is 7.33. The molecule has 0 radical (unpaired) electrons. The standard InChI is InChI=1S/C25H22F3N5O6S/c1-36-21-13-16(2-5-20(21)39-19-4-3-17(15-29)12-18(19)25(26,27)28)14-22-23(34)33(24(35)40-22)7-9-38-11-10-37-8-6-31-32-30/h2-5,12-14H,6-11H2,1H3/b22-14-. The fourth-order valence-electron chi connectivity index (χ4n) is 3.36. The highest BCUT2D eigenvalue weighted by Gasteiger charge is 2.36. The van der Waals surface area contributed by atoms with E-state index in [1.54, 1.807) is 6.07 Å². The first-order valence-electron chi connectivity index (χ1n) is 11.6. The van der Waals surface area contributed by atoms with Crippen molar-refractivity contribution < 1.29 is 41.7 Å². The van der Waals surface area contributed by atoms with E-state index in [0.29, 0.717) is 11.6 Å². The molecule has 40 heavy (non-hydrogen) atoms. The molecule has 0 N–H and O–H groups in total. The third kappa shape index (κ3) is 8.14. The molecule has 11 nitrogen and oxygen atoms in total. The summed E-state index contributed by atoms with van der Waals surface area (Å²) in [6, 6.07) is 8.92. The van der Waals surface area contributed by atoms with Crippen LogP contribution in [0.1, 0.15) is 16.7 Å². The molecular formula is C25H22F3N5O6S. The van der Waals surface area contributed by atoms with Crippen molar-refractivity contribution in [2.75, 3.05) is 46.6 Å². The maximum Gasteiger partial charge on any atom is 0.420 e. The molecule has 210 valence electrons. The Hall–Kier alpha value is -4.22. The number of alkyl halides is 3. The van der Waals surface area contributed by atoms with E-state index in [9.17, 15) is 22.8 Å². The minimum absolute atomic E-state index is 0.0260. The largest absolute Gasteiger partial charge is 0.493 e. The van der Waals surface area contributed by atoms with Gasteiger partial charge in [-0.05, 0) is 59.3 Å². The van der Waals surface area contributed by atoms with Crippen LogP contribution in [0.25, 0.3) is 16.5 Å². The number of amides is 2. The quantitative estimate of drug-likeness (QED) is 0.0960. The predicted molar refractivity (Wildman–Crippen MR) is 138 cm³/mol. The highest BCUT2D eigenvalue weighted by molar-refractivity contribution is 8.18. The van der Waals surface area contributed by atoms with Gasteiger partial charge in [-0.25, -0.2) is 0 Å². The first-order chi connectivity index (χ1) is 19.2. The number of hydrogen-bond acceptors (Lipinski definition) is 9. The molecule has 2 aromatic rings. The van der Waals surface area contributed by atoms with Gasteiger partial charge in [0.15, 0.2) is 11.5 Å². The van der Waals surface area contributed by atoms with Crippen molar-refractivity contribution in [1.29, 1.82) is 5.26 Å². The second-order valence-electron chi connectivity index (χ2n) is 7.85. The molecule has 1 aliphatic rings. The normalized spacial score (nSPS) is 14.3. The Bertz CT molecular complexity index is 1370. The Morgan fingerprint density at radius 1 is 1.07 bits per heavy atom. The smallest absolute Gasteiger partial charge is 0.420 e. The molecule has 0 bridgehead atoms. The SMILES string of the molecule is COc1cc(/C=C2\SC(=O)N(CCOCCOCCN=[N+]=[N-])C2=O)ccc1Oc1ccc(C#N)cc1C(F)(F)F. The molecule has 0 spiro atoms. The van der Waals surface area contributed by atoms with Crippen LogP contribution >= 0.6 is 11.8 Å². The number of carbonyl (C=O) groups excluding carboxylic acids is 2. The lowest BCUT2D eigenvalue weighted by Crippen LogP contribution is -2.31. The molecule has 3 rings (SSSR count). The number of ether oxygens (including phenoxy) is 4. The van der Waals surface area contributed by atoms with E-state index in [4.69, 9.17) is 29.7 Å². The van der Waals surface area contributed by atoms with Gasteiger partial charge < -0.3 is 18.9 Å². The van der Waals surface area contributed by atoms with Crippen molar-refractivity contribution in [2.24, 2.45) is 5.11 Å². The summed E-state index contributed by atoms with van der Waals surface area (Å²) in [5, 5.41) is 11.8. The van der Waals surface area contributed by atoms with Crippen LogP contribution in [0.2, 0.25) is 0 Å². The van der Waals surface area contributed by atoms with E-state index in [1.165, 1.54) is 37.5 Å². The van der Waals surface area contributed by atoms with E-state index in [2.05, 4.69) is 10.0 Å². The van der Waals surface area contributed by atoms with Crippen LogP contribution in [-0.4, -0.2) is 62.7 Å². The Kier molecular flexibility index (Phi) is 10.8. The Morgan fingerprint density at radius 3 is 2.48 bits per heavy atom. The fourth-order valence-corrected chi connectivity index (χ4v) is 4.22. The Balaban J connectivity index is 1.65. The van der Waals surface area contributed by atoms with Crippen molar-refractivity contribution in [3.8, 4) is 23.3 Å². The average molecular weight is 578 g/mol. The van der Waals surface area contributed by atoms with Gasteiger partial charge in [0, 0.05) is 11.5 Å². The number of benzene rings is 2. The van der Waals surface area contributed by atoms with Gasteiger partial charge in [0.1, 0.15) is 5.75 Å².